The third-order valence-corrected chi connectivity index (χ3v) is 9.90. The third-order valence-electron chi connectivity index (χ3n) is 5.36. The molecule has 0 saturated heterocycles. The average Bonchev–Trinajstić information content (AvgIpc) is 2.75. The molecule has 0 heterocycles. The van der Waals surface area contributed by atoms with Crippen LogP contribution in [0.4, 0.5) is 5.69 Å². The van der Waals surface area contributed by atoms with Gasteiger partial charge in [0, 0.05) is 5.69 Å². The summed E-state index contributed by atoms with van der Waals surface area (Å²) < 4.78 is 39.1. The first-order chi connectivity index (χ1) is 15.7. The summed E-state index contributed by atoms with van der Waals surface area (Å²) in [5.74, 6) is 0.782. The van der Waals surface area contributed by atoms with Crippen molar-refractivity contribution in [3.63, 3.8) is 0 Å². The van der Waals surface area contributed by atoms with E-state index >= 15 is 0 Å². The van der Waals surface area contributed by atoms with E-state index in [1.54, 1.807) is 12.1 Å². The van der Waals surface area contributed by atoms with Gasteiger partial charge in [0.15, 0.2) is 8.32 Å². The largest absolute Gasteiger partial charge is 0.491 e. The maximum Gasteiger partial charge on any atom is 0.192 e. The molecule has 2 N–H and O–H groups in total. The maximum atomic E-state index is 6.06. The van der Waals surface area contributed by atoms with Crippen molar-refractivity contribution in [3.05, 3.63) is 24.3 Å². The number of ether oxygens (including phenoxy) is 6. The van der Waals surface area contributed by atoms with Crippen molar-refractivity contribution in [2.45, 2.75) is 38.9 Å². The van der Waals surface area contributed by atoms with Crippen LogP contribution in [0.3, 0.4) is 0 Å². The molecule has 0 unspecified atom stereocenters. The molecule has 0 atom stereocenters. The Morgan fingerprint density at radius 2 is 0.970 bits per heavy atom. The minimum absolute atomic E-state index is 0.226. The molecular formula is C24H45NO7Si. The Kier molecular flexibility index (Phi) is 15.6. The summed E-state index contributed by atoms with van der Waals surface area (Å²) in [6, 6.07) is 7.29. The Hall–Kier alpha value is -1.20. The number of anilines is 1. The van der Waals surface area contributed by atoms with Crippen LogP contribution in [0.15, 0.2) is 24.3 Å². The third kappa shape index (κ3) is 15.3. The summed E-state index contributed by atoms with van der Waals surface area (Å²) in [5, 5.41) is 0.226. The van der Waals surface area contributed by atoms with Crippen molar-refractivity contribution in [3.8, 4) is 5.75 Å². The molecular weight excluding hydrogens is 442 g/mol. The van der Waals surface area contributed by atoms with Gasteiger partial charge in [-0.15, -0.1) is 0 Å². The van der Waals surface area contributed by atoms with Crippen molar-refractivity contribution in [1.29, 1.82) is 0 Å². The second-order valence-corrected chi connectivity index (χ2v) is 13.9. The zero-order valence-corrected chi connectivity index (χ0v) is 22.2. The van der Waals surface area contributed by atoms with Gasteiger partial charge in [0.05, 0.1) is 72.7 Å². The second-order valence-electron chi connectivity index (χ2n) is 9.09. The smallest absolute Gasteiger partial charge is 0.192 e. The van der Waals surface area contributed by atoms with Crippen LogP contribution in [-0.4, -0.2) is 87.6 Å². The number of nitrogens with two attached hydrogens (primary N) is 1. The molecule has 0 bridgehead atoms. The molecule has 1 rings (SSSR count). The molecule has 0 aliphatic heterocycles. The lowest BCUT2D eigenvalue weighted by molar-refractivity contribution is -0.0144. The highest BCUT2D eigenvalue weighted by Gasteiger charge is 2.36. The highest BCUT2D eigenvalue weighted by molar-refractivity contribution is 6.74. The van der Waals surface area contributed by atoms with E-state index in [9.17, 15) is 0 Å². The predicted molar refractivity (Wildman–Crippen MR) is 134 cm³/mol. The molecule has 33 heavy (non-hydrogen) atoms. The van der Waals surface area contributed by atoms with E-state index in [-0.39, 0.29) is 5.04 Å². The number of rotatable bonds is 20. The lowest BCUT2D eigenvalue weighted by atomic mass is 10.2. The van der Waals surface area contributed by atoms with Gasteiger partial charge in [-0.2, -0.15) is 0 Å². The zero-order chi connectivity index (χ0) is 24.4. The van der Waals surface area contributed by atoms with E-state index in [4.69, 9.17) is 38.6 Å². The topological polar surface area (TPSA) is 90.6 Å². The second kappa shape index (κ2) is 17.3. The predicted octanol–water partition coefficient (Wildman–Crippen LogP) is 3.75. The van der Waals surface area contributed by atoms with Crippen LogP contribution in [0.25, 0.3) is 0 Å². The summed E-state index contributed by atoms with van der Waals surface area (Å²) in [7, 11) is -1.68. The normalized spacial score (nSPS) is 12.3. The summed E-state index contributed by atoms with van der Waals surface area (Å²) in [6.07, 6.45) is 0. The van der Waals surface area contributed by atoms with Crippen molar-refractivity contribution >= 4 is 14.0 Å². The van der Waals surface area contributed by atoms with Gasteiger partial charge in [0.25, 0.3) is 0 Å². The summed E-state index contributed by atoms with van der Waals surface area (Å²) in [6.45, 7) is 17.8. The molecule has 0 amide bonds. The van der Waals surface area contributed by atoms with E-state index in [0.717, 1.165) is 11.4 Å². The SMILES string of the molecule is CC(C)(C)[Si](C)(C)OCCOCCOCCOCCOCCOCCOc1ccc(N)cc1. The fraction of sp³-hybridized carbons (Fsp3) is 0.750. The molecule has 0 saturated carbocycles. The van der Waals surface area contributed by atoms with Gasteiger partial charge in [-0.1, -0.05) is 20.8 Å². The first-order valence-corrected chi connectivity index (χ1v) is 14.6. The summed E-state index contributed by atoms with van der Waals surface area (Å²) in [4.78, 5) is 0. The van der Waals surface area contributed by atoms with Crippen LogP contribution in [0.2, 0.25) is 18.1 Å². The van der Waals surface area contributed by atoms with Crippen LogP contribution < -0.4 is 10.5 Å². The molecule has 0 aliphatic carbocycles. The standard InChI is InChI=1S/C24H45NO7Si/c1-24(2,3)33(4,5)32-21-19-30-17-15-28-13-11-26-10-12-27-14-16-29-18-20-31-23-8-6-22(25)7-9-23/h6-9H,10-21,25H2,1-5H3. The first-order valence-electron chi connectivity index (χ1n) is 11.7. The van der Waals surface area contributed by atoms with Crippen molar-refractivity contribution in [1.82, 2.24) is 0 Å². The van der Waals surface area contributed by atoms with Gasteiger partial charge in [-0.25, -0.2) is 0 Å². The van der Waals surface area contributed by atoms with Crippen LogP contribution >= 0.6 is 0 Å². The van der Waals surface area contributed by atoms with Crippen molar-refractivity contribution < 1.29 is 32.8 Å². The van der Waals surface area contributed by atoms with E-state index < -0.39 is 8.32 Å². The molecule has 0 radical (unpaired) electrons. The maximum absolute atomic E-state index is 6.06. The molecule has 0 fully saturated rings. The highest BCUT2D eigenvalue weighted by atomic mass is 28.4. The number of nitrogen functional groups attached to an aromatic ring is 1. The molecule has 1 aromatic rings. The van der Waals surface area contributed by atoms with Gasteiger partial charge >= 0.3 is 0 Å². The molecule has 192 valence electrons. The van der Waals surface area contributed by atoms with Crippen LogP contribution in [-0.2, 0) is 28.1 Å². The first kappa shape index (κ1) is 29.8. The van der Waals surface area contributed by atoms with E-state index in [0.29, 0.717) is 79.3 Å². The Labute approximate surface area is 201 Å². The van der Waals surface area contributed by atoms with Crippen LogP contribution in [0, 0.1) is 0 Å². The van der Waals surface area contributed by atoms with E-state index in [2.05, 4.69) is 33.9 Å². The quantitative estimate of drug-likeness (QED) is 0.169. The lowest BCUT2D eigenvalue weighted by Crippen LogP contribution is -2.41. The average molecular weight is 488 g/mol. The van der Waals surface area contributed by atoms with Gasteiger partial charge in [0.1, 0.15) is 12.4 Å². The van der Waals surface area contributed by atoms with Gasteiger partial charge < -0.3 is 38.6 Å². The summed E-state index contributed by atoms with van der Waals surface area (Å²) >= 11 is 0. The Morgan fingerprint density at radius 1 is 0.606 bits per heavy atom. The van der Waals surface area contributed by atoms with Crippen molar-refractivity contribution in [2.24, 2.45) is 0 Å². The fourth-order valence-corrected chi connectivity index (χ4v) is 3.36. The summed E-state index contributed by atoms with van der Waals surface area (Å²) in [5.41, 5.74) is 6.35. The Balaban J connectivity index is 1.75. The molecule has 0 aromatic heterocycles. The molecule has 1 aromatic carbocycles. The van der Waals surface area contributed by atoms with Gasteiger partial charge in [0.2, 0.25) is 0 Å². The Bertz CT molecular complexity index is 593. The van der Waals surface area contributed by atoms with Gasteiger partial charge in [-0.3, -0.25) is 0 Å². The van der Waals surface area contributed by atoms with Crippen LogP contribution in [0.5, 0.6) is 5.75 Å². The zero-order valence-electron chi connectivity index (χ0n) is 21.2. The highest BCUT2D eigenvalue weighted by Crippen LogP contribution is 2.36. The van der Waals surface area contributed by atoms with Gasteiger partial charge in [-0.05, 0) is 42.4 Å². The monoisotopic (exact) mass is 487 g/mol. The molecule has 9 heteroatoms. The Morgan fingerprint density at radius 3 is 1.36 bits per heavy atom. The number of hydrogen-bond donors (Lipinski definition) is 1. The fourth-order valence-electron chi connectivity index (χ4n) is 2.34. The van der Waals surface area contributed by atoms with Crippen LogP contribution in [0.1, 0.15) is 20.8 Å². The molecule has 0 spiro atoms. The van der Waals surface area contributed by atoms with E-state index in [1.807, 2.05) is 12.1 Å². The number of benzene rings is 1. The number of hydrogen-bond acceptors (Lipinski definition) is 8. The van der Waals surface area contributed by atoms with Crippen molar-refractivity contribution in [2.75, 3.05) is 85.0 Å². The molecule has 0 aliphatic rings. The van der Waals surface area contributed by atoms with E-state index in [1.165, 1.54) is 0 Å². The lowest BCUT2D eigenvalue weighted by Gasteiger charge is -2.36. The minimum atomic E-state index is -1.68. The minimum Gasteiger partial charge on any atom is -0.491 e. The molecule has 8 nitrogen and oxygen atoms in total.